The van der Waals surface area contributed by atoms with Crippen molar-refractivity contribution >= 4 is 34.1 Å². The van der Waals surface area contributed by atoms with Crippen LogP contribution in [0.25, 0.3) is 10.9 Å². The second kappa shape index (κ2) is 5.69. The summed E-state index contributed by atoms with van der Waals surface area (Å²) in [6, 6.07) is 10.3. The molecular formula is C16H9ClF2N2O. The molecule has 0 unspecified atom stereocenters. The summed E-state index contributed by atoms with van der Waals surface area (Å²) in [6.07, 6.45) is 1.64. The highest BCUT2D eigenvalue weighted by Gasteiger charge is 2.16. The SMILES string of the molecule is O=C(Nc1cccc2ncccc12)c1cc(F)c(F)cc1Cl. The van der Waals surface area contributed by atoms with Crippen LogP contribution in [0.3, 0.4) is 0 Å². The summed E-state index contributed by atoms with van der Waals surface area (Å²) in [7, 11) is 0. The van der Waals surface area contributed by atoms with Gasteiger partial charge in [0.1, 0.15) is 0 Å². The first-order valence-corrected chi connectivity index (χ1v) is 6.73. The van der Waals surface area contributed by atoms with Crippen molar-refractivity contribution in [3.05, 3.63) is 70.9 Å². The molecule has 1 heterocycles. The Morgan fingerprint density at radius 2 is 1.86 bits per heavy atom. The zero-order valence-corrected chi connectivity index (χ0v) is 11.9. The van der Waals surface area contributed by atoms with Crippen molar-refractivity contribution in [2.45, 2.75) is 0 Å². The number of hydrogen-bond acceptors (Lipinski definition) is 2. The van der Waals surface area contributed by atoms with E-state index in [-0.39, 0.29) is 10.6 Å². The van der Waals surface area contributed by atoms with Gasteiger partial charge in [0, 0.05) is 11.6 Å². The van der Waals surface area contributed by atoms with Gasteiger partial charge in [0.15, 0.2) is 11.6 Å². The number of fused-ring (bicyclic) bond motifs is 1. The van der Waals surface area contributed by atoms with E-state index in [1.165, 1.54) is 0 Å². The van der Waals surface area contributed by atoms with Crippen LogP contribution in [0.2, 0.25) is 5.02 Å². The minimum atomic E-state index is -1.13. The molecule has 110 valence electrons. The number of amides is 1. The van der Waals surface area contributed by atoms with Crippen LogP contribution in [0.1, 0.15) is 10.4 Å². The summed E-state index contributed by atoms with van der Waals surface area (Å²) in [5.74, 6) is -2.86. The van der Waals surface area contributed by atoms with Gasteiger partial charge in [0.2, 0.25) is 0 Å². The van der Waals surface area contributed by atoms with Crippen molar-refractivity contribution in [1.82, 2.24) is 4.98 Å². The van der Waals surface area contributed by atoms with E-state index in [4.69, 9.17) is 11.6 Å². The third-order valence-corrected chi connectivity index (χ3v) is 3.46. The summed E-state index contributed by atoms with van der Waals surface area (Å²) < 4.78 is 26.3. The van der Waals surface area contributed by atoms with Crippen LogP contribution in [0.4, 0.5) is 14.5 Å². The van der Waals surface area contributed by atoms with Crippen LogP contribution in [0.15, 0.2) is 48.7 Å². The van der Waals surface area contributed by atoms with Crippen molar-refractivity contribution in [3.8, 4) is 0 Å². The highest BCUT2D eigenvalue weighted by atomic mass is 35.5. The van der Waals surface area contributed by atoms with Crippen molar-refractivity contribution in [2.24, 2.45) is 0 Å². The predicted octanol–water partition coefficient (Wildman–Crippen LogP) is 4.42. The van der Waals surface area contributed by atoms with E-state index in [0.29, 0.717) is 11.2 Å². The lowest BCUT2D eigenvalue weighted by molar-refractivity contribution is 0.102. The number of carbonyl (C=O) groups is 1. The summed E-state index contributed by atoms with van der Waals surface area (Å²) in [5.41, 5.74) is 1.08. The van der Waals surface area contributed by atoms with Gasteiger partial charge in [-0.15, -0.1) is 0 Å². The molecule has 0 aliphatic rings. The maximum absolute atomic E-state index is 13.3. The number of anilines is 1. The van der Waals surface area contributed by atoms with Gasteiger partial charge < -0.3 is 5.32 Å². The standard InChI is InChI=1S/C16H9ClF2N2O/c17-11-8-13(19)12(18)7-10(11)16(22)21-15-5-1-4-14-9(15)3-2-6-20-14/h1-8H,(H,21,22). The second-order valence-electron chi connectivity index (χ2n) is 4.58. The molecule has 0 radical (unpaired) electrons. The maximum atomic E-state index is 13.3. The molecule has 0 aliphatic carbocycles. The molecule has 0 saturated carbocycles. The highest BCUT2D eigenvalue weighted by molar-refractivity contribution is 6.34. The Labute approximate surface area is 129 Å². The monoisotopic (exact) mass is 318 g/mol. The van der Waals surface area contributed by atoms with Crippen LogP contribution in [0.5, 0.6) is 0 Å². The lowest BCUT2D eigenvalue weighted by Crippen LogP contribution is -2.13. The Morgan fingerprint density at radius 3 is 2.68 bits per heavy atom. The van der Waals surface area contributed by atoms with E-state index in [9.17, 15) is 13.6 Å². The number of halogens is 3. The molecule has 3 rings (SSSR count). The van der Waals surface area contributed by atoms with Gasteiger partial charge in [-0.05, 0) is 36.4 Å². The van der Waals surface area contributed by atoms with Crippen LogP contribution in [-0.2, 0) is 0 Å². The number of nitrogens with zero attached hydrogens (tertiary/aromatic N) is 1. The fourth-order valence-electron chi connectivity index (χ4n) is 2.10. The van der Waals surface area contributed by atoms with E-state index in [2.05, 4.69) is 10.3 Å². The molecular weight excluding hydrogens is 310 g/mol. The first kappa shape index (κ1) is 14.4. The average molecular weight is 319 g/mol. The fraction of sp³-hybridized carbons (Fsp3) is 0. The quantitative estimate of drug-likeness (QED) is 0.711. The molecule has 0 bridgehead atoms. The van der Waals surface area contributed by atoms with Gasteiger partial charge in [-0.25, -0.2) is 8.78 Å². The number of nitrogens with one attached hydrogen (secondary N) is 1. The summed E-state index contributed by atoms with van der Waals surface area (Å²) in [5, 5.41) is 3.21. The number of aromatic nitrogens is 1. The number of pyridine rings is 1. The van der Waals surface area contributed by atoms with Gasteiger partial charge in [-0.3, -0.25) is 9.78 Å². The first-order valence-electron chi connectivity index (χ1n) is 6.36. The van der Waals surface area contributed by atoms with Crippen LogP contribution in [0, 0.1) is 11.6 Å². The van der Waals surface area contributed by atoms with Crippen LogP contribution < -0.4 is 5.32 Å². The summed E-state index contributed by atoms with van der Waals surface area (Å²) in [6.45, 7) is 0. The molecule has 1 amide bonds. The Bertz CT molecular complexity index is 878. The zero-order chi connectivity index (χ0) is 15.7. The molecule has 1 aromatic heterocycles. The molecule has 1 N–H and O–H groups in total. The predicted molar refractivity (Wildman–Crippen MR) is 81.1 cm³/mol. The summed E-state index contributed by atoms with van der Waals surface area (Å²) >= 11 is 5.80. The largest absolute Gasteiger partial charge is 0.321 e. The van der Waals surface area contributed by atoms with E-state index < -0.39 is 17.5 Å². The lowest BCUT2D eigenvalue weighted by atomic mass is 10.1. The fourth-order valence-corrected chi connectivity index (χ4v) is 2.33. The van der Waals surface area contributed by atoms with Crippen molar-refractivity contribution in [3.63, 3.8) is 0 Å². The third kappa shape index (κ3) is 2.63. The van der Waals surface area contributed by atoms with Crippen LogP contribution in [-0.4, -0.2) is 10.9 Å². The molecule has 0 aliphatic heterocycles. The number of rotatable bonds is 2. The van der Waals surface area contributed by atoms with Gasteiger partial charge in [-0.1, -0.05) is 17.7 Å². The molecule has 0 atom stereocenters. The van der Waals surface area contributed by atoms with E-state index in [1.807, 2.05) is 0 Å². The van der Waals surface area contributed by atoms with Crippen LogP contribution >= 0.6 is 11.6 Å². The molecule has 22 heavy (non-hydrogen) atoms. The van der Waals surface area contributed by atoms with Crippen molar-refractivity contribution in [2.75, 3.05) is 5.32 Å². The molecule has 3 aromatic rings. The molecule has 3 nitrogen and oxygen atoms in total. The van der Waals surface area contributed by atoms with E-state index in [1.54, 1.807) is 36.5 Å². The minimum Gasteiger partial charge on any atom is -0.321 e. The Hall–Kier alpha value is -2.53. The topological polar surface area (TPSA) is 42.0 Å². The highest BCUT2D eigenvalue weighted by Crippen LogP contribution is 2.24. The normalized spacial score (nSPS) is 10.7. The zero-order valence-electron chi connectivity index (χ0n) is 11.1. The van der Waals surface area contributed by atoms with Crippen molar-refractivity contribution in [1.29, 1.82) is 0 Å². The third-order valence-electron chi connectivity index (χ3n) is 3.15. The Kier molecular flexibility index (Phi) is 3.73. The number of benzene rings is 2. The smallest absolute Gasteiger partial charge is 0.257 e. The molecule has 0 fully saturated rings. The van der Waals surface area contributed by atoms with Gasteiger partial charge in [-0.2, -0.15) is 0 Å². The Morgan fingerprint density at radius 1 is 1.09 bits per heavy atom. The minimum absolute atomic E-state index is 0.138. The van der Waals surface area contributed by atoms with E-state index in [0.717, 1.165) is 17.5 Å². The Balaban J connectivity index is 1.99. The molecule has 0 spiro atoms. The number of carbonyl (C=O) groups excluding carboxylic acids is 1. The molecule has 6 heteroatoms. The number of hydrogen-bond donors (Lipinski definition) is 1. The maximum Gasteiger partial charge on any atom is 0.257 e. The van der Waals surface area contributed by atoms with Gasteiger partial charge >= 0.3 is 0 Å². The first-order chi connectivity index (χ1) is 10.6. The lowest BCUT2D eigenvalue weighted by Gasteiger charge is -2.09. The summed E-state index contributed by atoms with van der Waals surface area (Å²) in [4.78, 5) is 16.4. The van der Waals surface area contributed by atoms with Crippen molar-refractivity contribution < 1.29 is 13.6 Å². The van der Waals surface area contributed by atoms with Gasteiger partial charge in [0.25, 0.3) is 5.91 Å². The average Bonchev–Trinajstić information content (AvgIpc) is 2.51. The second-order valence-corrected chi connectivity index (χ2v) is 4.98. The van der Waals surface area contributed by atoms with Gasteiger partial charge in [0.05, 0.1) is 21.8 Å². The molecule has 0 saturated heterocycles. The van der Waals surface area contributed by atoms with E-state index >= 15 is 0 Å². The molecule has 2 aromatic carbocycles.